The van der Waals surface area contributed by atoms with Crippen LogP contribution in [0.25, 0.3) is 5.65 Å². The molecule has 1 atom stereocenters. The van der Waals surface area contributed by atoms with Crippen molar-refractivity contribution in [2.75, 3.05) is 10.6 Å². The third kappa shape index (κ3) is 6.27. The van der Waals surface area contributed by atoms with Crippen LogP contribution in [0.5, 0.6) is 0 Å². The number of carbonyl (C=O) groups is 1. The molecule has 4 N–H and O–H groups in total. The predicted octanol–water partition coefficient (Wildman–Crippen LogP) is 4.65. The minimum absolute atomic E-state index is 0.0640. The SMILES string of the molecule is C[C@@H](Nc1cc(NC(=O)NCc2ccc([Si](C)(C)O)cc2)c2nnc(C(F)(F)F)n2c1)c1ccccc1. The number of urea groups is 1. The zero-order chi connectivity index (χ0) is 26.8. The molecule has 0 unspecified atom stereocenters. The average Bonchev–Trinajstić information content (AvgIpc) is 3.28. The minimum atomic E-state index is -4.74. The number of amides is 2. The first kappa shape index (κ1) is 26.2. The van der Waals surface area contributed by atoms with E-state index in [1.165, 1.54) is 12.3 Å². The Morgan fingerprint density at radius 3 is 2.38 bits per heavy atom. The Kier molecular flexibility index (Phi) is 7.23. The monoisotopic (exact) mass is 528 g/mol. The maximum absolute atomic E-state index is 13.6. The molecule has 0 radical (unpaired) electrons. The Hall–Kier alpha value is -3.90. The van der Waals surface area contributed by atoms with E-state index in [9.17, 15) is 22.8 Å². The maximum Gasteiger partial charge on any atom is 0.452 e. The zero-order valence-corrected chi connectivity index (χ0v) is 21.5. The van der Waals surface area contributed by atoms with Gasteiger partial charge in [-0.15, -0.1) is 10.2 Å². The van der Waals surface area contributed by atoms with Gasteiger partial charge in [-0.05, 0) is 42.4 Å². The molecule has 37 heavy (non-hydrogen) atoms. The van der Waals surface area contributed by atoms with Crippen LogP contribution in [0, 0.1) is 0 Å². The number of alkyl halides is 3. The third-order valence-electron chi connectivity index (χ3n) is 5.80. The van der Waals surface area contributed by atoms with Crippen molar-refractivity contribution in [2.24, 2.45) is 0 Å². The molecule has 4 aromatic rings. The van der Waals surface area contributed by atoms with E-state index in [2.05, 4.69) is 26.1 Å². The molecule has 0 spiro atoms. The number of anilines is 2. The molecule has 2 heterocycles. The van der Waals surface area contributed by atoms with Crippen LogP contribution < -0.4 is 21.1 Å². The number of rotatable bonds is 7. The van der Waals surface area contributed by atoms with Gasteiger partial charge in [-0.1, -0.05) is 54.6 Å². The van der Waals surface area contributed by atoms with E-state index in [-0.39, 0.29) is 23.9 Å². The van der Waals surface area contributed by atoms with Crippen LogP contribution in [0.3, 0.4) is 0 Å². The lowest BCUT2D eigenvalue weighted by atomic mass is 10.1. The highest BCUT2D eigenvalue weighted by atomic mass is 28.4. The van der Waals surface area contributed by atoms with Gasteiger partial charge in [-0.3, -0.25) is 4.40 Å². The van der Waals surface area contributed by atoms with E-state index in [1.54, 1.807) is 0 Å². The highest BCUT2D eigenvalue weighted by molar-refractivity contribution is 6.83. The summed E-state index contributed by atoms with van der Waals surface area (Å²) in [4.78, 5) is 22.9. The first-order chi connectivity index (χ1) is 17.4. The summed E-state index contributed by atoms with van der Waals surface area (Å²) in [6.45, 7) is 5.68. The second kappa shape index (κ2) is 10.2. The number of hydrogen-bond donors (Lipinski definition) is 4. The molecule has 0 aliphatic carbocycles. The molecule has 0 aliphatic heterocycles. The summed E-state index contributed by atoms with van der Waals surface area (Å²) >= 11 is 0. The molecular formula is C25H27F3N6O2Si. The molecule has 0 aliphatic rings. The Labute approximate surface area is 212 Å². The second-order valence-corrected chi connectivity index (χ2v) is 12.9. The number of benzene rings is 2. The first-order valence-corrected chi connectivity index (χ1v) is 14.5. The van der Waals surface area contributed by atoms with Crippen molar-refractivity contribution in [2.45, 2.75) is 38.8 Å². The van der Waals surface area contributed by atoms with Gasteiger partial charge in [0.25, 0.3) is 0 Å². The second-order valence-electron chi connectivity index (χ2n) is 9.20. The minimum Gasteiger partial charge on any atom is -0.428 e. The number of carbonyl (C=O) groups excluding carboxylic acids is 1. The fraction of sp³-hybridized carbons (Fsp3) is 0.240. The molecule has 12 heteroatoms. The summed E-state index contributed by atoms with van der Waals surface area (Å²) in [5.41, 5.74) is 2.01. The lowest BCUT2D eigenvalue weighted by molar-refractivity contribution is -0.145. The topological polar surface area (TPSA) is 104 Å². The van der Waals surface area contributed by atoms with Gasteiger partial charge in [-0.2, -0.15) is 13.2 Å². The number of pyridine rings is 1. The fourth-order valence-corrected chi connectivity index (χ4v) is 4.79. The van der Waals surface area contributed by atoms with E-state index in [1.807, 2.05) is 74.6 Å². The Morgan fingerprint density at radius 1 is 1.08 bits per heavy atom. The quantitative estimate of drug-likeness (QED) is 0.262. The van der Waals surface area contributed by atoms with Gasteiger partial charge in [-0.25, -0.2) is 4.79 Å². The maximum atomic E-state index is 13.6. The van der Waals surface area contributed by atoms with Gasteiger partial charge >= 0.3 is 12.2 Å². The molecule has 4 rings (SSSR count). The number of hydrogen-bond acceptors (Lipinski definition) is 5. The van der Waals surface area contributed by atoms with Crippen LogP contribution in [-0.2, 0) is 12.7 Å². The van der Waals surface area contributed by atoms with E-state index in [0.717, 1.165) is 20.7 Å². The molecular weight excluding hydrogens is 501 g/mol. The molecule has 0 fully saturated rings. The summed E-state index contributed by atoms with van der Waals surface area (Å²) in [5, 5.41) is 16.3. The van der Waals surface area contributed by atoms with E-state index < -0.39 is 26.3 Å². The number of fused-ring (bicyclic) bond motifs is 1. The summed E-state index contributed by atoms with van der Waals surface area (Å²) in [6.07, 6.45) is -3.48. The molecule has 2 aromatic carbocycles. The fourth-order valence-electron chi connectivity index (χ4n) is 3.81. The van der Waals surface area contributed by atoms with Gasteiger partial charge in [0.15, 0.2) is 5.65 Å². The van der Waals surface area contributed by atoms with Crippen LogP contribution in [-0.4, -0.2) is 33.7 Å². The molecule has 0 bridgehead atoms. The van der Waals surface area contributed by atoms with E-state index >= 15 is 0 Å². The van der Waals surface area contributed by atoms with Crippen LogP contribution in [0.4, 0.5) is 29.3 Å². The molecule has 194 valence electrons. The van der Waals surface area contributed by atoms with Crippen LogP contribution in [0.2, 0.25) is 13.1 Å². The van der Waals surface area contributed by atoms with Crippen molar-refractivity contribution >= 4 is 36.6 Å². The summed E-state index contributed by atoms with van der Waals surface area (Å²) in [7, 11) is -2.43. The van der Waals surface area contributed by atoms with Crippen molar-refractivity contribution in [1.29, 1.82) is 0 Å². The van der Waals surface area contributed by atoms with Crippen LogP contribution in [0.15, 0.2) is 66.9 Å². The summed E-state index contributed by atoms with van der Waals surface area (Å²) in [6, 6.07) is 17.4. The highest BCUT2D eigenvalue weighted by Gasteiger charge is 2.37. The van der Waals surface area contributed by atoms with Crippen molar-refractivity contribution in [1.82, 2.24) is 19.9 Å². The Balaban J connectivity index is 1.56. The molecule has 8 nitrogen and oxygen atoms in total. The average molecular weight is 529 g/mol. The molecule has 0 saturated carbocycles. The molecule has 0 saturated heterocycles. The van der Waals surface area contributed by atoms with Crippen LogP contribution in [0.1, 0.15) is 29.9 Å². The number of halogens is 3. The first-order valence-electron chi connectivity index (χ1n) is 11.6. The standard InChI is InChI=1S/C25H27F3N6O2Si/c1-16(18-7-5-4-6-8-18)30-19-13-21(22-32-33-23(25(26,27)28)34(22)15-19)31-24(35)29-14-17-9-11-20(12-10-17)37(2,3)36/h4-13,15-16,30,36H,14H2,1-3H3,(H2,29,31,35)/t16-/m1/s1. The normalized spacial score (nSPS) is 12.8. The number of aromatic nitrogens is 3. The summed E-state index contributed by atoms with van der Waals surface area (Å²) in [5.74, 6) is -1.20. The van der Waals surface area contributed by atoms with Gasteiger partial charge in [0.05, 0.1) is 11.4 Å². The lowest BCUT2D eigenvalue weighted by Gasteiger charge is -2.18. The smallest absolute Gasteiger partial charge is 0.428 e. The van der Waals surface area contributed by atoms with Gasteiger partial charge in [0.1, 0.15) is 0 Å². The summed E-state index contributed by atoms with van der Waals surface area (Å²) < 4.78 is 41.5. The molecule has 2 aromatic heterocycles. The van der Waals surface area contributed by atoms with E-state index in [0.29, 0.717) is 5.69 Å². The molecule has 2 amide bonds. The number of nitrogens with one attached hydrogen (secondary N) is 3. The number of nitrogens with zero attached hydrogens (tertiary/aromatic N) is 3. The van der Waals surface area contributed by atoms with E-state index in [4.69, 9.17) is 0 Å². The lowest BCUT2D eigenvalue weighted by Crippen LogP contribution is -2.41. The van der Waals surface area contributed by atoms with Gasteiger partial charge in [0.2, 0.25) is 14.1 Å². The Morgan fingerprint density at radius 2 is 1.76 bits per heavy atom. The Bertz CT molecular complexity index is 1390. The zero-order valence-electron chi connectivity index (χ0n) is 20.5. The van der Waals surface area contributed by atoms with Gasteiger partial charge < -0.3 is 20.7 Å². The van der Waals surface area contributed by atoms with Crippen molar-refractivity contribution < 1.29 is 22.8 Å². The highest BCUT2D eigenvalue weighted by Crippen LogP contribution is 2.32. The van der Waals surface area contributed by atoms with Crippen molar-refractivity contribution in [3.05, 3.63) is 83.8 Å². The predicted molar refractivity (Wildman–Crippen MR) is 138 cm³/mol. The van der Waals surface area contributed by atoms with Crippen molar-refractivity contribution in [3.8, 4) is 0 Å². The van der Waals surface area contributed by atoms with Crippen LogP contribution >= 0.6 is 0 Å². The largest absolute Gasteiger partial charge is 0.452 e. The van der Waals surface area contributed by atoms with Gasteiger partial charge in [0, 0.05) is 18.8 Å². The third-order valence-corrected chi connectivity index (χ3v) is 7.55. The van der Waals surface area contributed by atoms with Crippen molar-refractivity contribution in [3.63, 3.8) is 0 Å².